The molecule has 0 saturated carbocycles. The average molecular weight is 360 g/mol. The smallest absolute Gasteiger partial charge is 0.269 e. The number of nitrogens with one attached hydrogen (secondary N) is 1. The number of carbonyl (C=O) groups is 1. The predicted octanol–water partition coefficient (Wildman–Crippen LogP) is 1.56. The van der Waals surface area contributed by atoms with Gasteiger partial charge in [-0.15, -0.1) is 0 Å². The molecule has 0 aliphatic carbocycles. The Balaban J connectivity index is 1.91. The Hall–Kier alpha value is -2.81. The number of Topliss-reactive ketones (excluding diaryl/α,β-unsaturated/α-hetero) is 1. The molecule has 0 bridgehead atoms. The van der Waals surface area contributed by atoms with Crippen LogP contribution in [0.1, 0.15) is 28.4 Å². The lowest BCUT2D eigenvalue weighted by Gasteiger charge is -2.22. The molecular formula is C18H20N2O6. The third kappa shape index (κ3) is 5.09. The monoisotopic (exact) mass is 360 g/mol. The van der Waals surface area contributed by atoms with Gasteiger partial charge < -0.3 is 20.6 Å². The fraction of sp³-hybridized carbons (Fsp3) is 0.278. The van der Waals surface area contributed by atoms with Crippen LogP contribution in [0.25, 0.3) is 0 Å². The van der Waals surface area contributed by atoms with Gasteiger partial charge in [-0.2, -0.15) is 0 Å². The molecule has 8 nitrogen and oxygen atoms in total. The summed E-state index contributed by atoms with van der Waals surface area (Å²) in [5.41, 5.74) is 0.705. The Morgan fingerprint density at radius 3 is 2.46 bits per heavy atom. The number of phenols is 1. The van der Waals surface area contributed by atoms with Crippen molar-refractivity contribution in [1.29, 1.82) is 0 Å². The summed E-state index contributed by atoms with van der Waals surface area (Å²) < 4.78 is 0. The van der Waals surface area contributed by atoms with Crippen molar-refractivity contribution in [2.24, 2.45) is 0 Å². The number of carbonyl (C=O) groups excluding carboxylic acids is 1. The molecule has 2 aromatic carbocycles. The van der Waals surface area contributed by atoms with E-state index < -0.39 is 17.1 Å². The van der Waals surface area contributed by atoms with E-state index in [1.54, 1.807) is 12.1 Å². The van der Waals surface area contributed by atoms with Crippen LogP contribution < -0.4 is 5.32 Å². The van der Waals surface area contributed by atoms with Crippen molar-refractivity contribution in [3.05, 3.63) is 69.8 Å². The number of ketones is 1. The van der Waals surface area contributed by atoms with E-state index in [1.807, 2.05) is 0 Å². The molecule has 0 aromatic heterocycles. The standard InChI is InChI=1S/C18H20N2O6/c21-11-16(18(24)12-4-6-14(7-5-12)20(25)26)19-9-8-17(23)13-2-1-3-15(22)10-13/h1-7,10,16,18-19,21-22,24H,8-9,11H2. The molecule has 26 heavy (non-hydrogen) atoms. The van der Waals surface area contributed by atoms with Crippen LogP contribution >= 0.6 is 0 Å². The largest absolute Gasteiger partial charge is 0.508 e. The van der Waals surface area contributed by atoms with E-state index in [0.29, 0.717) is 11.1 Å². The van der Waals surface area contributed by atoms with Crippen LogP contribution in [0.3, 0.4) is 0 Å². The van der Waals surface area contributed by atoms with Crippen LogP contribution in [0, 0.1) is 10.1 Å². The summed E-state index contributed by atoms with van der Waals surface area (Å²) in [6, 6.07) is 10.7. The Labute approximate surface area is 149 Å². The zero-order valence-corrected chi connectivity index (χ0v) is 13.9. The molecule has 0 heterocycles. The van der Waals surface area contributed by atoms with Crippen molar-refractivity contribution in [2.75, 3.05) is 13.2 Å². The fourth-order valence-electron chi connectivity index (χ4n) is 2.50. The zero-order chi connectivity index (χ0) is 19.1. The van der Waals surface area contributed by atoms with Crippen LogP contribution in [-0.2, 0) is 0 Å². The molecule has 0 saturated heterocycles. The van der Waals surface area contributed by atoms with Gasteiger partial charge in [-0.1, -0.05) is 12.1 Å². The number of nitro benzene ring substituents is 1. The number of hydrogen-bond acceptors (Lipinski definition) is 7. The van der Waals surface area contributed by atoms with Crippen molar-refractivity contribution in [3.63, 3.8) is 0 Å². The van der Waals surface area contributed by atoms with Crippen LogP contribution in [0.4, 0.5) is 5.69 Å². The summed E-state index contributed by atoms with van der Waals surface area (Å²) in [6.07, 6.45) is -0.968. The summed E-state index contributed by atoms with van der Waals surface area (Å²) in [6.45, 7) is -0.164. The number of benzene rings is 2. The van der Waals surface area contributed by atoms with Gasteiger partial charge in [0.1, 0.15) is 5.75 Å². The highest BCUT2D eigenvalue weighted by atomic mass is 16.6. The van der Waals surface area contributed by atoms with Crippen molar-refractivity contribution >= 4 is 11.5 Å². The molecule has 8 heteroatoms. The lowest BCUT2D eigenvalue weighted by molar-refractivity contribution is -0.384. The first-order valence-electron chi connectivity index (χ1n) is 8.01. The predicted molar refractivity (Wildman–Crippen MR) is 94.0 cm³/mol. The molecule has 4 N–H and O–H groups in total. The third-order valence-corrected chi connectivity index (χ3v) is 3.95. The number of rotatable bonds is 9. The summed E-state index contributed by atoms with van der Waals surface area (Å²) >= 11 is 0. The topological polar surface area (TPSA) is 133 Å². The first-order chi connectivity index (χ1) is 12.4. The maximum absolute atomic E-state index is 12.1. The van der Waals surface area contributed by atoms with Gasteiger partial charge in [0.2, 0.25) is 0 Å². The fourth-order valence-corrected chi connectivity index (χ4v) is 2.50. The molecule has 138 valence electrons. The van der Waals surface area contributed by atoms with Crippen molar-refractivity contribution in [3.8, 4) is 5.75 Å². The summed E-state index contributed by atoms with van der Waals surface area (Å²) in [7, 11) is 0. The Bertz CT molecular complexity index is 763. The SMILES string of the molecule is O=C(CCNC(CO)C(O)c1ccc([N+](=O)[O-])cc1)c1cccc(O)c1. The van der Waals surface area contributed by atoms with Crippen LogP contribution in [0.5, 0.6) is 5.75 Å². The van der Waals surface area contributed by atoms with Gasteiger partial charge in [-0.3, -0.25) is 14.9 Å². The third-order valence-electron chi connectivity index (χ3n) is 3.95. The minimum atomic E-state index is -1.09. The molecule has 0 amide bonds. The number of non-ortho nitro benzene ring substituents is 1. The molecule has 0 fully saturated rings. The Morgan fingerprint density at radius 2 is 1.88 bits per heavy atom. The number of nitrogens with zero attached hydrogens (tertiary/aromatic N) is 1. The molecular weight excluding hydrogens is 340 g/mol. The van der Waals surface area contributed by atoms with E-state index in [9.17, 15) is 30.2 Å². The second-order valence-corrected chi connectivity index (χ2v) is 5.76. The quantitative estimate of drug-likeness (QED) is 0.303. The minimum Gasteiger partial charge on any atom is -0.508 e. The maximum Gasteiger partial charge on any atom is 0.269 e. The van der Waals surface area contributed by atoms with E-state index in [4.69, 9.17) is 0 Å². The average Bonchev–Trinajstić information content (AvgIpc) is 2.64. The lowest BCUT2D eigenvalue weighted by atomic mass is 10.0. The second-order valence-electron chi connectivity index (χ2n) is 5.76. The maximum atomic E-state index is 12.1. The molecule has 2 atom stereocenters. The van der Waals surface area contributed by atoms with Crippen molar-refractivity contribution < 1.29 is 25.0 Å². The molecule has 0 spiro atoms. The highest BCUT2D eigenvalue weighted by molar-refractivity contribution is 5.96. The number of phenolic OH excluding ortho intramolecular Hbond substituents is 1. The molecule has 2 aromatic rings. The summed E-state index contributed by atoms with van der Waals surface area (Å²) in [5, 5.41) is 42.7. The van der Waals surface area contributed by atoms with E-state index in [2.05, 4.69) is 5.32 Å². The molecule has 0 aliphatic rings. The molecule has 0 radical (unpaired) electrons. The van der Waals surface area contributed by atoms with Gasteiger partial charge in [0.25, 0.3) is 5.69 Å². The highest BCUT2D eigenvalue weighted by Gasteiger charge is 2.21. The van der Waals surface area contributed by atoms with E-state index in [-0.39, 0.29) is 36.8 Å². The van der Waals surface area contributed by atoms with E-state index in [1.165, 1.54) is 36.4 Å². The van der Waals surface area contributed by atoms with Gasteiger partial charge in [-0.05, 0) is 29.8 Å². The minimum absolute atomic E-state index is 0.00522. The molecule has 2 rings (SSSR count). The van der Waals surface area contributed by atoms with Crippen LogP contribution in [0.15, 0.2) is 48.5 Å². The number of aliphatic hydroxyl groups excluding tert-OH is 2. The molecule has 0 aliphatic heterocycles. The number of aromatic hydroxyl groups is 1. The highest BCUT2D eigenvalue weighted by Crippen LogP contribution is 2.20. The van der Waals surface area contributed by atoms with E-state index >= 15 is 0 Å². The summed E-state index contributed by atoms with van der Waals surface area (Å²) in [5.74, 6) is -0.180. The van der Waals surface area contributed by atoms with Gasteiger partial charge in [-0.25, -0.2) is 0 Å². The van der Waals surface area contributed by atoms with Gasteiger partial charge >= 0.3 is 0 Å². The summed E-state index contributed by atoms with van der Waals surface area (Å²) in [4.78, 5) is 22.2. The second kappa shape index (κ2) is 9.04. The van der Waals surface area contributed by atoms with Crippen LogP contribution in [0.2, 0.25) is 0 Å². The number of aliphatic hydroxyl groups is 2. The zero-order valence-electron chi connectivity index (χ0n) is 13.9. The number of nitro groups is 1. The Kier molecular flexibility index (Phi) is 6.79. The van der Waals surface area contributed by atoms with Gasteiger partial charge in [0, 0.05) is 30.7 Å². The van der Waals surface area contributed by atoms with Crippen molar-refractivity contribution in [1.82, 2.24) is 5.32 Å². The first kappa shape index (κ1) is 19.5. The molecule has 2 unspecified atom stereocenters. The van der Waals surface area contributed by atoms with E-state index in [0.717, 1.165) is 0 Å². The normalized spacial score (nSPS) is 13.2. The first-order valence-corrected chi connectivity index (χ1v) is 8.01. The number of hydrogen-bond donors (Lipinski definition) is 4. The van der Waals surface area contributed by atoms with Gasteiger partial charge in [0.15, 0.2) is 5.78 Å². The Morgan fingerprint density at radius 1 is 1.19 bits per heavy atom. The van der Waals surface area contributed by atoms with Gasteiger partial charge in [0.05, 0.1) is 23.7 Å². The van der Waals surface area contributed by atoms with Crippen LogP contribution in [-0.4, -0.2) is 45.2 Å². The lowest BCUT2D eigenvalue weighted by Crippen LogP contribution is -2.39. The van der Waals surface area contributed by atoms with Crippen molar-refractivity contribution in [2.45, 2.75) is 18.6 Å².